The van der Waals surface area contributed by atoms with E-state index < -0.39 is 0 Å². The molecule has 2 aromatic carbocycles. The first kappa shape index (κ1) is 19.8. The first-order valence-corrected chi connectivity index (χ1v) is 8.95. The number of methoxy groups -OCH3 is 1. The molecule has 0 saturated carbocycles. The number of para-hydroxylation sites is 1. The molecular formula is C19H21BrN2O4. The topological polar surface area (TPSA) is 69.2 Å². The van der Waals surface area contributed by atoms with Crippen LogP contribution in [0, 0.1) is 0 Å². The van der Waals surface area contributed by atoms with Crippen LogP contribution in [0.2, 0.25) is 0 Å². The van der Waals surface area contributed by atoms with Gasteiger partial charge < -0.3 is 14.2 Å². The smallest absolute Gasteiger partial charge is 0.275 e. The van der Waals surface area contributed by atoms with Gasteiger partial charge in [0.1, 0.15) is 5.75 Å². The first-order valence-electron chi connectivity index (χ1n) is 8.16. The molecule has 1 N–H and O–H groups in total. The summed E-state index contributed by atoms with van der Waals surface area (Å²) in [5.74, 6) is 1.39. The van der Waals surface area contributed by atoms with Gasteiger partial charge in [-0.2, -0.15) is 5.10 Å². The Kier molecular flexibility index (Phi) is 7.47. The van der Waals surface area contributed by atoms with Gasteiger partial charge in [0.15, 0.2) is 11.5 Å². The Balaban J connectivity index is 2.16. The van der Waals surface area contributed by atoms with E-state index in [0.29, 0.717) is 36.0 Å². The predicted octanol–water partition coefficient (Wildman–Crippen LogP) is 4.02. The highest BCUT2D eigenvalue weighted by atomic mass is 79.9. The SMILES string of the molecule is CCOc1cc(/C=N\NC(=O)c2ccccc2OC)cc(Br)c1OCC. The Bertz CT molecular complexity index is 793. The lowest BCUT2D eigenvalue weighted by molar-refractivity contribution is 0.0952. The highest BCUT2D eigenvalue weighted by Gasteiger charge is 2.12. The monoisotopic (exact) mass is 420 g/mol. The standard InChI is InChI=1S/C19H21BrN2O4/c1-4-25-17-11-13(10-15(20)18(17)26-5-2)12-21-22-19(23)14-8-6-7-9-16(14)24-3/h6-12H,4-5H2,1-3H3,(H,22,23)/b21-12-. The van der Waals surface area contributed by atoms with Gasteiger partial charge in [-0.05, 0) is 59.6 Å². The van der Waals surface area contributed by atoms with Crippen LogP contribution in [0.3, 0.4) is 0 Å². The molecule has 0 aliphatic heterocycles. The lowest BCUT2D eigenvalue weighted by Gasteiger charge is -2.13. The fraction of sp³-hybridized carbons (Fsp3) is 0.263. The molecular weight excluding hydrogens is 400 g/mol. The second kappa shape index (κ2) is 9.82. The maximum Gasteiger partial charge on any atom is 0.275 e. The first-order chi connectivity index (χ1) is 12.6. The van der Waals surface area contributed by atoms with Crippen molar-refractivity contribution in [3.63, 3.8) is 0 Å². The van der Waals surface area contributed by atoms with Crippen LogP contribution in [-0.4, -0.2) is 32.4 Å². The quantitative estimate of drug-likeness (QED) is 0.517. The highest BCUT2D eigenvalue weighted by Crippen LogP contribution is 2.36. The summed E-state index contributed by atoms with van der Waals surface area (Å²) in [5, 5.41) is 4.01. The molecule has 138 valence electrons. The van der Waals surface area contributed by atoms with Gasteiger partial charge in [-0.3, -0.25) is 4.79 Å². The van der Waals surface area contributed by atoms with E-state index in [1.54, 1.807) is 30.3 Å². The third-order valence-electron chi connectivity index (χ3n) is 3.35. The van der Waals surface area contributed by atoms with Crippen LogP contribution in [0.4, 0.5) is 0 Å². The third kappa shape index (κ3) is 4.98. The maximum atomic E-state index is 12.2. The van der Waals surface area contributed by atoms with E-state index in [2.05, 4.69) is 26.5 Å². The van der Waals surface area contributed by atoms with Gasteiger partial charge in [-0.15, -0.1) is 0 Å². The Morgan fingerprint density at radius 1 is 1.15 bits per heavy atom. The molecule has 7 heteroatoms. The van der Waals surface area contributed by atoms with Crippen LogP contribution in [0.1, 0.15) is 29.8 Å². The summed E-state index contributed by atoms with van der Waals surface area (Å²) in [7, 11) is 1.52. The van der Waals surface area contributed by atoms with Crippen LogP contribution in [0.15, 0.2) is 46.0 Å². The molecule has 0 saturated heterocycles. The average molecular weight is 421 g/mol. The molecule has 0 aliphatic carbocycles. The van der Waals surface area contributed by atoms with Crippen LogP contribution in [0.25, 0.3) is 0 Å². The zero-order chi connectivity index (χ0) is 18.9. The maximum absolute atomic E-state index is 12.2. The molecule has 0 aromatic heterocycles. The largest absolute Gasteiger partial charge is 0.496 e. The van der Waals surface area contributed by atoms with Crippen molar-refractivity contribution in [3.05, 3.63) is 52.0 Å². The Morgan fingerprint density at radius 3 is 2.58 bits per heavy atom. The molecule has 0 bridgehead atoms. The number of amides is 1. The second-order valence-corrected chi connectivity index (χ2v) is 5.95. The molecule has 26 heavy (non-hydrogen) atoms. The number of rotatable bonds is 8. The number of hydrogen-bond acceptors (Lipinski definition) is 5. The van der Waals surface area contributed by atoms with Gasteiger partial charge in [-0.1, -0.05) is 12.1 Å². The van der Waals surface area contributed by atoms with E-state index in [4.69, 9.17) is 14.2 Å². The molecule has 0 unspecified atom stereocenters. The number of carbonyl (C=O) groups excluding carboxylic acids is 1. The molecule has 0 aliphatic rings. The minimum absolute atomic E-state index is 0.353. The lowest BCUT2D eigenvalue weighted by Crippen LogP contribution is -2.18. The van der Waals surface area contributed by atoms with E-state index in [-0.39, 0.29) is 5.91 Å². The minimum Gasteiger partial charge on any atom is -0.496 e. The summed E-state index contributed by atoms with van der Waals surface area (Å²) in [5.41, 5.74) is 3.66. The highest BCUT2D eigenvalue weighted by molar-refractivity contribution is 9.10. The number of halogens is 1. The molecule has 0 heterocycles. The van der Waals surface area contributed by atoms with Crippen LogP contribution in [0.5, 0.6) is 17.2 Å². The van der Waals surface area contributed by atoms with Crippen molar-refractivity contribution in [1.29, 1.82) is 0 Å². The molecule has 1 amide bonds. The fourth-order valence-corrected chi connectivity index (χ4v) is 2.84. The number of nitrogens with zero attached hydrogens (tertiary/aromatic N) is 1. The van der Waals surface area contributed by atoms with Gasteiger partial charge in [0.2, 0.25) is 0 Å². The molecule has 0 fully saturated rings. The van der Waals surface area contributed by atoms with Crippen molar-refractivity contribution < 1.29 is 19.0 Å². The van der Waals surface area contributed by atoms with Crippen LogP contribution >= 0.6 is 15.9 Å². The van der Waals surface area contributed by atoms with E-state index in [1.165, 1.54) is 13.3 Å². The Hall–Kier alpha value is -2.54. The average Bonchev–Trinajstić information content (AvgIpc) is 2.64. The predicted molar refractivity (Wildman–Crippen MR) is 105 cm³/mol. The Morgan fingerprint density at radius 2 is 1.88 bits per heavy atom. The van der Waals surface area contributed by atoms with E-state index in [1.807, 2.05) is 19.9 Å². The van der Waals surface area contributed by atoms with Crippen molar-refractivity contribution in [2.24, 2.45) is 5.10 Å². The number of benzene rings is 2. The Labute approximate surface area is 161 Å². The number of hydrazone groups is 1. The molecule has 0 radical (unpaired) electrons. The van der Waals surface area contributed by atoms with E-state index >= 15 is 0 Å². The number of carbonyl (C=O) groups is 1. The van der Waals surface area contributed by atoms with E-state index in [0.717, 1.165) is 10.0 Å². The van der Waals surface area contributed by atoms with Crippen molar-refractivity contribution >= 4 is 28.1 Å². The number of ether oxygens (including phenoxy) is 3. The molecule has 2 aromatic rings. The normalized spacial score (nSPS) is 10.6. The third-order valence-corrected chi connectivity index (χ3v) is 3.94. The summed E-state index contributed by atoms with van der Waals surface area (Å²) in [6.45, 7) is 4.85. The molecule has 0 spiro atoms. The van der Waals surface area contributed by atoms with E-state index in [9.17, 15) is 4.79 Å². The van der Waals surface area contributed by atoms with Crippen molar-refractivity contribution in [2.75, 3.05) is 20.3 Å². The number of nitrogens with one attached hydrogen (secondary N) is 1. The van der Waals surface area contributed by atoms with Crippen LogP contribution in [-0.2, 0) is 0 Å². The summed E-state index contributed by atoms with van der Waals surface area (Å²) >= 11 is 3.47. The molecule has 6 nitrogen and oxygen atoms in total. The van der Waals surface area contributed by atoms with Gasteiger partial charge in [0.25, 0.3) is 5.91 Å². The zero-order valence-electron chi connectivity index (χ0n) is 14.9. The van der Waals surface area contributed by atoms with Gasteiger partial charge in [0, 0.05) is 0 Å². The molecule has 0 atom stereocenters. The van der Waals surface area contributed by atoms with Gasteiger partial charge in [0.05, 0.1) is 36.6 Å². The molecule has 2 rings (SSSR count). The zero-order valence-corrected chi connectivity index (χ0v) is 16.5. The fourth-order valence-electron chi connectivity index (χ4n) is 2.27. The summed E-state index contributed by atoms with van der Waals surface area (Å²) in [4.78, 5) is 12.2. The lowest BCUT2D eigenvalue weighted by atomic mass is 10.2. The van der Waals surface area contributed by atoms with Crippen LogP contribution < -0.4 is 19.6 Å². The number of hydrogen-bond donors (Lipinski definition) is 1. The van der Waals surface area contributed by atoms with Crippen molar-refractivity contribution in [3.8, 4) is 17.2 Å². The summed E-state index contributed by atoms with van der Waals surface area (Å²) in [6.07, 6.45) is 1.54. The van der Waals surface area contributed by atoms with Gasteiger partial charge in [-0.25, -0.2) is 5.43 Å². The summed E-state index contributed by atoms with van der Waals surface area (Å²) < 4.78 is 17.1. The van der Waals surface area contributed by atoms with Crippen molar-refractivity contribution in [1.82, 2.24) is 5.43 Å². The minimum atomic E-state index is -0.353. The second-order valence-electron chi connectivity index (χ2n) is 5.10. The van der Waals surface area contributed by atoms with Gasteiger partial charge >= 0.3 is 0 Å². The van der Waals surface area contributed by atoms with Crippen molar-refractivity contribution in [2.45, 2.75) is 13.8 Å². The summed E-state index contributed by atoms with van der Waals surface area (Å²) in [6, 6.07) is 10.6.